The van der Waals surface area contributed by atoms with Gasteiger partial charge in [-0.15, -0.1) is 0 Å². The molecular weight excluding hydrogens is 445 g/mol. The molecule has 7 heteroatoms. The van der Waals surface area contributed by atoms with Gasteiger partial charge in [-0.1, -0.05) is 40.9 Å². The summed E-state index contributed by atoms with van der Waals surface area (Å²) in [7, 11) is 0. The van der Waals surface area contributed by atoms with Crippen LogP contribution in [0.4, 0.5) is 5.82 Å². The SMILES string of the molecule is Cc1ccc(O)c(-c2cc(-c3c(Cl)cccc3Cl)cc(NCCCN3CCCC3=O)n2)c1. The van der Waals surface area contributed by atoms with Crippen LogP contribution in [0.1, 0.15) is 24.8 Å². The normalized spacial score (nSPS) is 13.6. The van der Waals surface area contributed by atoms with E-state index in [2.05, 4.69) is 5.32 Å². The van der Waals surface area contributed by atoms with Crippen LogP contribution in [0.25, 0.3) is 22.4 Å². The molecule has 0 bridgehead atoms. The Hall–Kier alpha value is -2.76. The van der Waals surface area contributed by atoms with Crippen LogP contribution in [0, 0.1) is 6.92 Å². The second-order valence-corrected chi connectivity index (χ2v) is 8.82. The molecule has 1 aliphatic heterocycles. The van der Waals surface area contributed by atoms with Crippen LogP contribution in [-0.2, 0) is 4.79 Å². The van der Waals surface area contributed by atoms with Crippen LogP contribution >= 0.6 is 23.2 Å². The number of hydrogen-bond acceptors (Lipinski definition) is 4. The van der Waals surface area contributed by atoms with E-state index in [-0.39, 0.29) is 11.7 Å². The third-order valence-electron chi connectivity index (χ3n) is 5.59. The maximum atomic E-state index is 11.8. The molecule has 1 saturated heterocycles. The van der Waals surface area contributed by atoms with Crippen molar-refractivity contribution in [3.63, 3.8) is 0 Å². The van der Waals surface area contributed by atoms with Crippen LogP contribution in [0.15, 0.2) is 48.5 Å². The quantitative estimate of drug-likeness (QED) is 0.406. The van der Waals surface area contributed by atoms with Crippen molar-refractivity contribution in [1.82, 2.24) is 9.88 Å². The molecule has 0 aliphatic carbocycles. The number of carbonyl (C=O) groups excluding carboxylic acids is 1. The average Bonchev–Trinajstić information content (AvgIpc) is 3.17. The number of phenolic OH excluding ortho intramolecular Hbond substituents is 1. The number of pyridine rings is 1. The van der Waals surface area contributed by atoms with Gasteiger partial charge in [0.05, 0.1) is 5.69 Å². The number of aromatic nitrogens is 1. The lowest BCUT2D eigenvalue weighted by molar-refractivity contribution is -0.127. The summed E-state index contributed by atoms with van der Waals surface area (Å²) >= 11 is 12.9. The number of likely N-dealkylation sites (tertiary alicyclic amines) is 1. The third-order valence-corrected chi connectivity index (χ3v) is 6.22. The Labute approximate surface area is 198 Å². The van der Waals surface area contributed by atoms with Gasteiger partial charge in [-0.25, -0.2) is 4.98 Å². The van der Waals surface area contributed by atoms with E-state index >= 15 is 0 Å². The molecule has 5 nitrogen and oxygen atoms in total. The zero-order valence-corrected chi connectivity index (χ0v) is 19.4. The van der Waals surface area contributed by atoms with E-state index in [4.69, 9.17) is 28.2 Å². The molecule has 0 radical (unpaired) electrons. The van der Waals surface area contributed by atoms with Crippen LogP contribution in [0.5, 0.6) is 5.75 Å². The monoisotopic (exact) mass is 469 g/mol. The zero-order valence-electron chi connectivity index (χ0n) is 17.9. The molecule has 0 saturated carbocycles. The van der Waals surface area contributed by atoms with Crippen molar-refractivity contribution in [1.29, 1.82) is 0 Å². The number of nitrogens with zero attached hydrogens (tertiary/aromatic N) is 2. The van der Waals surface area contributed by atoms with E-state index in [0.29, 0.717) is 40.1 Å². The highest BCUT2D eigenvalue weighted by molar-refractivity contribution is 6.39. The van der Waals surface area contributed by atoms with Gasteiger partial charge < -0.3 is 15.3 Å². The molecule has 32 heavy (non-hydrogen) atoms. The highest BCUT2D eigenvalue weighted by Gasteiger charge is 2.19. The van der Waals surface area contributed by atoms with Gasteiger partial charge in [0.1, 0.15) is 11.6 Å². The lowest BCUT2D eigenvalue weighted by Crippen LogP contribution is -2.27. The van der Waals surface area contributed by atoms with Gasteiger partial charge in [-0.05, 0) is 61.7 Å². The summed E-state index contributed by atoms with van der Waals surface area (Å²) < 4.78 is 0. The van der Waals surface area contributed by atoms with E-state index < -0.39 is 0 Å². The summed E-state index contributed by atoms with van der Waals surface area (Å²) in [5, 5.41) is 14.9. The molecular formula is C25H25Cl2N3O2. The van der Waals surface area contributed by atoms with Gasteiger partial charge in [0.25, 0.3) is 0 Å². The lowest BCUT2D eigenvalue weighted by atomic mass is 10.0. The van der Waals surface area contributed by atoms with Crippen molar-refractivity contribution in [3.8, 4) is 28.1 Å². The van der Waals surface area contributed by atoms with Crippen molar-refractivity contribution in [3.05, 3.63) is 64.1 Å². The maximum absolute atomic E-state index is 11.8. The highest BCUT2D eigenvalue weighted by atomic mass is 35.5. The molecule has 0 atom stereocenters. The fourth-order valence-electron chi connectivity index (χ4n) is 3.96. The molecule has 0 unspecified atom stereocenters. The first kappa shape index (κ1) is 22.4. The zero-order chi connectivity index (χ0) is 22.7. The minimum absolute atomic E-state index is 0.156. The fraction of sp³-hybridized carbons (Fsp3) is 0.280. The van der Waals surface area contributed by atoms with Crippen LogP contribution in [0.3, 0.4) is 0 Å². The largest absolute Gasteiger partial charge is 0.507 e. The molecule has 1 aliphatic rings. The lowest BCUT2D eigenvalue weighted by Gasteiger charge is -2.16. The number of aromatic hydroxyl groups is 1. The Morgan fingerprint density at radius 1 is 1.12 bits per heavy atom. The number of rotatable bonds is 7. The number of benzene rings is 2. The van der Waals surface area contributed by atoms with Gasteiger partial charge in [0.15, 0.2) is 0 Å². The van der Waals surface area contributed by atoms with Gasteiger partial charge in [0, 0.05) is 47.2 Å². The van der Waals surface area contributed by atoms with Crippen molar-refractivity contribution < 1.29 is 9.90 Å². The summed E-state index contributed by atoms with van der Waals surface area (Å²) in [6.07, 6.45) is 2.41. The predicted octanol–water partition coefficient (Wildman–Crippen LogP) is 6.16. The number of carbonyl (C=O) groups is 1. The summed E-state index contributed by atoms with van der Waals surface area (Å²) in [6, 6.07) is 14.6. The van der Waals surface area contributed by atoms with Crippen LogP contribution in [0.2, 0.25) is 10.0 Å². The fourth-order valence-corrected chi connectivity index (χ4v) is 4.57. The number of halogens is 2. The van der Waals surface area contributed by atoms with Gasteiger partial charge >= 0.3 is 0 Å². The van der Waals surface area contributed by atoms with E-state index in [1.165, 1.54) is 0 Å². The Bertz CT molecular complexity index is 1130. The molecule has 4 rings (SSSR count). The molecule has 1 amide bonds. The van der Waals surface area contributed by atoms with E-state index in [1.54, 1.807) is 18.2 Å². The molecule has 2 N–H and O–H groups in total. The van der Waals surface area contributed by atoms with Crippen molar-refractivity contribution >= 4 is 34.9 Å². The first-order valence-corrected chi connectivity index (χ1v) is 11.5. The summed E-state index contributed by atoms with van der Waals surface area (Å²) in [4.78, 5) is 18.5. The Kier molecular flexibility index (Phi) is 6.87. The maximum Gasteiger partial charge on any atom is 0.222 e. The number of aryl methyl sites for hydroxylation is 1. The van der Waals surface area contributed by atoms with Crippen LogP contribution in [-0.4, -0.2) is 40.5 Å². The third kappa shape index (κ3) is 5.00. The standard InChI is InChI=1S/C25H25Cl2N3O2/c1-16-8-9-22(31)18(13-16)21-14-17(25-19(26)5-2-6-20(25)27)15-23(29-21)28-10-4-12-30-11-3-7-24(30)32/h2,5-6,8-9,13-15,31H,3-4,7,10-12H2,1H3,(H,28,29). The van der Waals surface area contributed by atoms with Gasteiger partial charge in [-0.3, -0.25) is 4.79 Å². The molecule has 166 valence electrons. The Morgan fingerprint density at radius 3 is 2.62 bits per heavy atom. The summed E-state index contributed by atoms with van der Waals surface area (Å²) in [5.74, 6) is 1.04. The predicted molar refractivity (Wildman–Crippen MR) is 130 cm³/mol. The Morgan fingerprint density at radius 2 is 1.91 bits per heavy atom. The first-order chi connectivity index (χ1) is 15.4. The smallest absolute Gasteiger partial charge is 0.222 e. The molecule has 3 aromatic rings. The van der Waals surface area contributed by atoms with E-state index in [0.717, 1.165) is 42.6 Å². The topological polar surface area (TPSA) is 65.5 Å². The number of nitrogens with one attached hydrogen (secondary N) is 1. The van der Waals surface area contributed by atoms with Gasteiger partial charge in [-0.2, -0.15) is 0 Å². The number of hydrogen-bond donors (Lipinski definition) is 2. The van der Waals surface area contributed by atoms with Gasteiger partial charge in [0.2, 0.25) is 5.91 Å². The average molecular weight is 470 g/mol. The molecule has 2 aromatic carbocycles. The molecule has 2 heterocycles. The van der Waals surface area contributed by atoms with E-state index in [1.807, 2.05) is 42.2 Å². The second-order valence-electron chi connectivity index (χ2n) is 8.01. The first-order valence-electron chi connectivity index (χ1n) is 10.7. The Balaban J connectivity index is 1.64. The summed E-state index contributed by atoms with van der Waals surface area (Å²) in [6.45, 7) is 4.20. The van der Waals surface area contributed by atoms with Crippen molar-refractivity contribution in [2.75, 3.05) is 25.0 Å². The highest BCUT2D eigenvalue weighted by Crippen LogP contribution is 2.38. The number of anilines is 1. The minimum atomic E-state index is 0.156. The number of amides is 1. The summed E-state index contributed by atoms with van der Waals surface area (Å²) in [5.41, 5.74) is 3.81. The molecule has 1 aromatic heterocycles. The van der Waals surface area contributed by atoms with Crippen molar-refractivity contribution in [2.45, 2.75) is 26.2 Å². The molecule has 1 fully saturated rings. The van der Waals surface area contributed by atoms with Crippen molar-refractivity contribution in [2.24, 2.45) is 0 Å². The number of phenols is 1. The minimum Gasteiger partial charge on any atom is -0.507 e. The molecule has 0 spiro atoms. The van der Waals surface area contributed by atoms with Crippen LogP contribution < -0.4 is 5.32 Å². The second kappa shape index (κ2) is 9.80. The van der Waals surface area contributed by atoms with E-state index in [9.17, 15) is 9.90 Å².